The Bertz CT molecular complexity index is 1180. The molecule has 0 amide bonds. The van der Waals surface area contributed by atoms with Crippen LogP contribution in [0.2, 0.25) is 0 Å². The van der Waals surface area contributed by atoms with Crippen LogP contribution in [0.5, 0.6) is 0 Å². The zero-order valence-electron chi connectivity index (χ0n) is 15.5. The number of aromatic nitrogens is 4. The molecular formula is C21H20N4OS. The minimum Gasteiger partial charge on any atom is -0.301 e. The van der Waals surface area contributed by atoms with Crippen molar-refractivity contribution in [1.82, 2.24) is 19.7 Å². The smallest absolute Gasteiger partial charge is 0.262 e. The molecule has 0 aliphatic carbocycles. The molecule has 0 atom stereocenters. The lowest BCUT2D eigenvalue weighted by atomic mass is 10.1. The molecule has 0 radical (unpaired) electrons. The highest BCUT2D eigenvalue weighted by Crippen LogP contribution is 2.22. The SMILES string of the molecule is Cc1ccc(CSc2nc3c(cnn3-c3ccc(C)c(C)c3)c(=O)[nH]2)cc1. The molecule has 0 bridgehead atoms. The molecule has 0 aliphatic rings. The van der Waals surface area contributed by atoms with E-state index in [1.165, 1.54) is 34.0 Å². The fourth-order valence-electron chi connectivity index (χ4n) is 2.85. The monoisotopic (exact) mass is 376 g/mol. The Labute approximate surface area is 161 Å². The lowest BCUT2D eigenvalue weighted by molar-refractivity contribution is 0.871. The minimum absolute atomic E-state index is 0.165. The Morgan fingerprint density at radius 2 is 1.81 bits per heavy atom. The summed E-state index contributed by atoms with van der Waals surface area (Å²) in [6.07, 6.45) is 1.57. The first-order chi connectivity index (χ1) is 13.0. The first-order valence-corrected chi connectivity index (χ1v) is 9.74. The van der Waals surface area contributed by atoms with Gasteiger partial charge in [-0.2, -0.15) is 5.10 Å². The molecule has 27 heavy (non-hydrogen) atoms. The number of hydrogen-bond acceptors (Lipinski definition) is 4. The number of H-pyrrole nitrogens is 1. The molecule has 0 fully saturated rings. The lowest BCUT2D eigenvalue weighted by Crippen LogP contribution is -2.10. The molecule has 0 saturated heterocycles. The van der Waals surface area contributed by atoms with Crippen molar-refractivity contribution in [2.75, 3.05) is 0 Å². The zero-order chi connectivity index (χ0) is 19.0. The number of thioether (sulfide) groups is 1. The predicted molar refractivity (Wildman–Crippen MR) is 110 cm³/mol. The normalized spacial score (nSPS) is 11.2. The van der Waals surface area contributed by atoms with Crippen LogP contribution in [0, 0.1) is 20.8 Å². The van der Waals surface area contributed by atoms with Crippen LogP contribution < -0.4 is 5.56 Å². The molecule has 0 saturated carbocycles. The Kier molecular flexibility index (Phi) is 4.58. The molecule has 2 aromatic carbocycles. The van der Waals surface area contributed by atoms with Crippen molar-refractivity contribution in [3.8, 4) is 5.69 Å². The second-order valence-electron chi connectivity index (χ2n) is 6.71. The number of fused-ring (bicyclic) bond motifs is 1. The highest BCUT2D eigenvalue weighted by Gasteiger charge is 2.12. The summed E-state index contributed by atoms with van der Waals surface area (Å²) >= 11 is 1.51. The van der Waals surface area contributed by atoms with Gasteiger partial charge < -0.3 is 4.98 Å². The predicted octanol–water partition coefficient (Wildman–Crippen LogP) is 4.33. The number of nitrogens with zero attached hydrogens (tertiary/aromatic N) is 3. The van der Waals surface area contributed by atoms with E-state index >= 15 is 0 Å². The van der Waals surface area contributed by atoms with Gasteiger partial charge in [-0.05, 0) is 49.6 Å². The maximum absolute atomic E-state index is 12.5. The number of benzene rings is 2. The minimum atomic E-state index is -0.165. The van der Waals surface area contributed by atoms with Crippen molar-refractivity contribution < 1.29 is 0 Å². The van der Waals surface area contributed by atoms with Gasteiger partial charge in [0.15, 0.2) is 10.8 Å². The summed E-state index contributed by atoms with van der Waals surface area (Å²) < 4.78 is 1.73. The fraction of sp³-hybridized carbons (Fsp3) is 0.190. The molecule has 4 aromatic rings. The van der Waals surface area contributed by atoms with Gasteiger partial charge in [-0.3, -0.25) is 4.79 Å². The van der Waals surface area contributed by atoms with Crippen molar-refractivity contribution in [3.05, 3.63) is 81.3 Å². The standard InChI is InChI=1S/C21H20N4OS/c1-13-4-7-16(8-5-13)12-27-21-23-19-18(20(26)24-21)11-22-25(19)17-9-6-14(2)15(3)10-17/h4-11H,12H2,1-3H3,(H,23,24,26). The Morgan fingerprint density at radius 1 is 1.04 bits per heavy atom. The van der Waals surface area contributed by atoms with Crippen LogP contribution in [-0.2, 0) is 5.75 Å². The van der Waals surface area contributed by atoms with Gasteiger partial charge in [-0.15, -0.1) is 0 Å². The van der Waals surface area contributed by atoms with Crippen LogP contribution in [0.1, 0.15) is 22.3 Å². The van der Waals surface area contributed by atoms with Crippen molar-refractivity contribution in [2.45, 2.75) is 31.7 Å². The molecule has 0 unspecified atom stereocenters. The van der Waals surface area contributed by atoms with E-state index in [1.807, 2.05) is 6.07 Å². The van der Waals surface area contributed by atoms with Crippen molar-refractivity contribution in [3.63, 3.8) is 0 Å². The Morgan fingerprint density at radius 3 is 2.56 bits per heavy atom. The number of rotatable bonds is 4. The van der Waals surface area contributed by atoms with E-state index in [9.17, 15) is 4.79 Å². The molecule has 2 aromatic heterocycles. The number of nitrogens with one attached hydrogen (secondary N) is 1. The van der Waals surface area contributed by atoms with E-state index in [4.69, 9.17) is 0 Å². The summed E-state index contributed by atoms with van der Waals surface area (Å²) in [5, 5.41) is 5.48. The molecule has 5 nitrogen and oxygen atoms in total. The van der Waals surface area contributed by atoms with Gasteiger partial charge >= 0.3 is 0 Å². The molecule has 6 heteroatoms. The molecule has 1 N–H and O–H groups in total. The summed E-state index contributed by atoms with van der Waals surface area (Å²) in [5.74, 6) is 0.743. The van der Waals surface area contributed by atoms with Crippen LogP contribution in [0.3, 0.4) is 0 Å². The van der Waals surface area contributed by atoms with Crippen LogP contribution in [0.25, 0.3) is 16.7 Å². The molecule has 0 aliphatic heterocycles. The summed E-state index contributed by atoms with van der Waals surface area (Å²) in [4.78, 5) is 20.0. The van der Waals surface area contributed by atoms with Gasteiger partial charge in [0, 0.05) is 5.75 Å². The van der Waals surface area contributed by atoms with Crippen LogP contribution in [0.15, 0.2) is 58.6 Å². The van der Waals surface area contributed by atoms with E-state index < -0.39 is 0 Å². The first-order valence-electron chi connectivity index (χ1n) is 8.75. The van der Waals surface area contributed by atoms with E-state index in [0.29, 0.717) is 16.2 Å². The lowest BCUT2D eigenvalue weighted by Gasteiger charge is -2.07. The number of hydrogen-bond donors (Lipinski definition) is 1. The zero-order valence-corrected chi connectivity index (χ0v) is 16.3. The molecular weight excluding hydrogens is 356 g/mol. The summed E-state index contributed by atoms with van der Waals surface area (Å²) in [7, 11) is 0. The topological polar surface area (TPSA) is 63.6 Å². The number of aryl methyl sites for hydroxylation is 3. The summed E-state index contributed by atoms with van der Waals surface area (Å²) in [5.41, 5.74) is 6.13. The average molecular weight is 376 g/mol. The van der Waals surface area contributed by atoms with Gasteiger partial charge in [-0.25, -0.2) is 9.67 Å². The van der Waals surface area contributed by atoms with E-state index in [2.05, 4.69) is 72.2 Å². The van der Waals surface area contributed by atoms with Crippen molar-refractivity contribution >= 4 is 22.8 Å². The summed E-state index contributed by atoms with van der Waals surface area (Å²) in [6.45, 7) is 6.20. The second-order valence-corrected chi connectivity index (χ2v) is 7.67. The molecule has 136 valence electrons. The molecule has 2 heterocycles. The largest absolute Gasteiger partial charge is 0.301 e. The quantitative estimate of drug-likeness (QED) is 0.425. The van der Waals surface area contributed by atoms with E-state index in [-0.39, 0.29) is 5.56 Å². The first kappa shape index (κ1) is 17.5. The highest BCUT2D eigenvalue weighted by atomic mass is 32.2. The third-order valence-corrected chi connectivity index (χ3v) is 5.59. The average Bonchev–Trinajstić information content (AvgIpc) is 3.08. The Balaban J connectivity index is 1.70. The second kappa shape index (κ2) is 7.04. The van der Waals surface area contributed by atoms with Crippen molar-refractivity contribution in [1.29, 1.82) is 0 Å². The molecule has 4 rings (SSSR count). The van der Waals surface area contributed by atoms with E-state index in [0.717, 1.165) is 11.4 Å². The van der Waals surface area contributed by atoms with Gasteiger partial charge in [0.25, 0.3) is 5.56 Å². The van der Waals surface area contributed by atoms with Gasteiger partial charge in [0.2, 0.25) is 0 Å². The van der Waals surface area contributed by atoms with Gasteiger partial charge in [0.1, 0.15) is 5.39 Å². The van der Waals surface area contributed by atoms with Crippen molar-refractivity contribution in [2.24, 2.45) is 0 Å². The summed E-state index contributed by atoms with van der Waals surface area (Å²) in [6, 6.07) is 14.5. The van der Waals surface area contributed by atoms with Gasteiger partial charge in [-0.1, -0.05) is 47.7 Å². The third-order valence-electron chi connectivity index (χ3n) is 4.65. The van der Waals surface area contributed by atoms with E-state index in [1.54, 1.807) is 10.9 Å². The van der Waals surface area contributed by atoms with Crippen LogP contribution >= 0.6 is 11.8 Å². The maximum atomic E-state index is 12.5. The molecule has 0 spiro atoms. The number of aromatic amines is 1. The third kappa shape index (κ3) is 3.53. The van der Waals surface area contributed by atoms with Gasteiger partial charge in [0.05, 0.1) is 11.9 Å². The van der Waals surface area contributed by atoms with Crippen LogP contribution in [-0.4, -0.2) is 19.7 Å². The maximum Gasteiger partial charge on any atom is 0.262 e. The highest BCUT2D eigenvalue weighted by molar-refractivity contribution is 7.98. The van der Waals surface area contributed by atoms with Crippen LogP contribution in [0.4, 0.5) is 0 Å². The Hall–Kier alpha value is -2.86. The fourth-order valence-corrected chi connectivity index (χ4v) is 3.66.